The molecule has 0 aliphatic rings. The van der Waals surface area contributed by atoms with Crippen molar-refractivity contribution < 1.29 is 4.74 Å². The lowest BCUT2D eigenvalue weighted by molar-refractivity contribution is 0.141. The molecule has 1 rings (SSSR count). The maximum absolute atomic E-state index is 5.30. The van der Waals surface area contributed by atoms with Gasteiger partial charge in [0.15, 0.2) is 0 Å². The molecule has 0 unspecified atom stereocenters. The lowest BCUT2D eigenvalue weighted by atomic mass is 10.2. The first-order chi connectivity index (χ1) is 6.75. The van der Waals surface area contributed by atoms with Gasteiger partial charge in [-0.3, -0.25) is 0 Å². The van der Waals surface area contributed by atoms with E-state index < -0.39 is 0 Å². The van der Waals surface area contributed by atoms with Crippen LogP contribution in [0.5, 0.6) is 0 Å². The van der Waals surface area contributed by atoms with Gasteiger partial charge in [-0.1, -0.05) is 13.8 Å². The van der Waals surface area contributed by atoms with Crippen LogP contribution >= 0.6 is 0 Å². The molecule has 0 spiro atoms. The van der Waals surface area contributed by atoms with Crippen molar-refractivity contribution in [3.63, 3.8) is 0 Å². The summed E-state index contributed by atoms with van der Waals surface area (Å²) in [4.78, 5) is 4.34. The Morgan fingerprint density at radius 1 is 1.50 bits per heavy atom. The van der Waals surface area contributed by atoms with Gasteiger partial charge in [-0.2, -0.15) is 0 Å². The predicted molar refractivity (Wildman–Crippen MR) is 57.4 cm³/mol. The van der Waals surface area contributed by atoms with Crippen molar-refractivity contribution in [3.8, 4) is 0 Å². The van der Waals surface area contributed by atoms with Crippen LogP contribution in [0, 0.1) is 0 Å². The van der Waals surface area contributed by atoms with Gasteiger partial charge in [0.25, 0.3) is 0 Å². The van der Waals surface area contributed by atoms with Gasteiger partial charge < -0.3 is 9.30 Å². The largest absolute Gasteiger partial charge is 0.382 e. The maximum atomic E-state index is 5.30. The highest BCUT2D eigenvalue weighted by molar-refractivity contribution is 4.97. The van der Waals surface area contributed by atoms with E-state index in [9.17, 15) is 0 Å². The second-order valence-corrected chi connectivity index (χ2v) is 3.68. The standard InChI is InChI=1S/C11H20N2O/c1-4-14-9-5-7-13-8-6-12-11(13)10(2)3/h6,8,10H,4-5,7,9H2,1-3H3. The van der Waals surface area contributed by atoms with Crippen LogP contribution in [0.4, 0.5) is 0 Å². The van der Waals surface area contributed by atoms with Crippen molar-refractivity contribution in [1.29, 1.82) is 0 Å². The molecule has 0 radical (unpaired) electrons. The summed E-state index contributed by atoms with van der Waals surface area (Å²) in [6.45, 7) is 9.01. The Morgan fingerprint density at radius 2 is 2.29 bits per heavy atom. The molecule has 0 saturated heterocycles. The summed E-state index contributed by atoms with van der Waals surface area (Å²) in [5, 5.41) is 0. The molecule has 80 valence electrons. The molecule has 0 aliphatic heterocycles. The molecule has 3 nitrogen and oxygen atoms in total. The van der Waals surface area contributed by atoms with Crippen molar-refractivity contribution in [2.75, 3.05) is 13.2 Å². The Kier molecular flexibility index (Phi) is 4.66. The Morgan fingerprint density at radius 3 is 2.93 bits per heavy atom. The molecule has 1 heterocycles. The molecule has 0 aromatic carbocycles. The van der Waals surface area contributed by atoms with E-state index in [-0.39, 0.29) is 0 Å². The summed E-state index contributed by atoms with van der Waals surface area (Å²) in [7, 11) is 0. The van der Waals surface area contributed by atoms with E-state index in [0.29, 0.717) is 5.92 Å². The van der Waals surface area contributed by atoms with Crippen LogP contribution in [0.25, 0.3) is 0 Å². The average molecular weight is 196 g/mol. The van der Waals surface area contributed by atoms with Crippen molar-refractivity contribution >= 4 is 0 Å². The third kappa shape index (κ3) is 3.14. The van der Waals surface area contributed by atoms with E-state index in [4.69, 9.17) is 4.74 Å². The Hall–Kier alpha value is -0.830. The van der Waals surface area contributed by atoms with Crippen LogP contribution < -0.4 is 0 Å². The molecule has 0 amide bonds. The molecule has 3 heteroatoms. The summed E-state index contributed by atoms with van der Waals surface area (Å²) in [5.74, 6) is 1.67. The summed E-state index contributed by atoms with van der Waals surface area (Å²) >= 11 is 0. The van der Waals surface area contributed by atoms with Gasteiger partial charge >= 0.3 is 0 Å². The quantitative estimate of drug-likeness (QED) is 0.653. The number of aromatic nitrogens is 2. The minimum absolute atomic E-state index is 0.497. The second kappa shape index (κ2) is 5.81. The number of hydrogen-bond acceptors (Lipinski definition) is 2. The maximum Gasteiger partial charge on any atom is 0.111 e. The van der Waals surface area contributed by atoms with Crippen LogP contribution in [0.2, 0.25) is 0 Å². The number of rotatable bonds is 6. The van der Waals surface area contributed by atoms with Crippen LogP contribution in [0.3, 0.4) is 0 Å². The lowest BCUT2D eigenvalue weighted by Crippen LogP contribution is -2.07. The van der Waals surface area contributed by atoms with Gasteiger partial charge in [-0.25, -0.2) is 4.98 Å². The van der Waals surface area contributed by atoms with E-state index in [0.717, 1.165) is 26.2 Å². The van der Waals surface area contributed by atoms with Crippen LogP contribution in [-0.4, -0.2) is 22.8 Å². The van der Waals surface area contributed by atoms with Gasteiger partial charge in [0.2, 0.25) is 0 Å². The zero-order valence-electron chi connectivity index (χ0n) is 9.36. The topological polar surface area (TPSA) is 27.1 Å². The van der Waals surface area contributed by atoms with E-state index in [1.165, 1.54) is 5.82 Å². The van der Waals surface area contributed by atoms with Gasteiger partial charge in [-0.15, -0.1) is 0 Å². The minimum Gasteiger partial charge on any atom is -0.382 e. The highest BCUT2D eigenvalue weighted by Crippen LogP contribution is 2.11. The highest BCUT2D eigenvalue weighted by Gasteiger charge is 2.05. The summed E-state index contributed by atoms with van der Waals surface area (Å²) < 4.78 is 7.51. The van der Waals surface area contributed by atoms with E-state index >= 15 is 0 Å². The fraction of sp³-hybridized carbons (Fsp3) is 0.727. The lowest BCUT2D eigenvalue weighted by Gasteiger charge is -2.09. The fourth-order valence-electron chi connectivity index (χ4n) is 1.49. The monoisotopic (exact) mass is 196 g/mol. The third-order valence-electron chi connectivity index (χ3n) is 2.16. The average Bonchev–Trinajstić information content (AvgIpc) is 2.60. The van der Waals surface area contributed by atoms with Crippen LogP contribution in [0.15, 0.2) is 12.4 Å². The molecule has 0 aliphatic carbocycles. The van der Waals surface area contributed by atoms with Crippen molar-refractivity contribution in [2.24, 2.45) is 0 Å². The molecule has 0 bridgehead atoms. The van der Waals surface area contributed by atoms with Gasteiger partial charge in [0.05, 0.1) is 0 Å². The molecular weight excluding hydrogens is 176 g/mol. The first-order valence-electron chi connectivity index (χ1n) is 5.34. The predicted octanol–water partition coefficient (Wildman–Crippen LogP) is 2.43. The Labute approximate surface area is 86.1 Å². The minimum atomic E-state index is 0.497. The zero-order chi connectivity index (χ0) is 10.4. The molecule has 0 fully saturated rings. The number of ether oxygens (including phenoxy) is 1. The number of hydrogen-bond donors (Lipinski definition) is 0. The van der Waals surface area contributed by atoms with Crippen LogP contribution in [-0.2, 0) is 11.3 Å². The summed E-state index contributed by atoms with van der Waals surface area (Å²) in [5.41, 5.74) is 0. The Balaban J connectivity index is 2.38. The first kappa shape index (κ1) is 11.2. The van der Waals surface area contributed by atoms with Gasteiger partial charge in [-0.05, 0) is 13.3 Å². The molecule has 1 aromatic rings. The highest BCUT2D eigenvalue weighted by atomic mass is 16.5. The molecule has 0 N–H and O–H groups in total. The number of imidazole rings is 1. The van der Waals surface area contributed by atoms with Gasteiger partial charge in [0.1, 0.15) is 5.82 Å². The van der Waals surface area contributed by atoms with E-state index in [1.54, 1.807) is 0 Å². The normalized spacial score (nSPS) is 11.1. The molecule has 14 heavy (non-hydrogen) atoms. The zero-order valence-corrected chi connectivity index (χ0v) is 9.36. The first-order valence-corrected chi connectivity index (χ1v) is 5.34. The van der Waals surface area contributed by atoms with Crippen molar-refractivity contribution in [1.82, 2.24) is 9.55 Å². The van der Waals surface area contributed by atoms with E-state index in [2.05, 4.69) is 23.4 Å². The molecule has 0 saturated carbocycles. The fourth-order valence-corrected chi connectivity index (χ4v) is 1.49. The SMILES string of the molecule is CCOCCCn1ccnc1C(C)C. The summed E-state index contributed by atoms with van der Waals surface area (Å²) in [6.07, 6.45) is 4.97. The number of aryl methyl sites for hydroxylation is 1. The van der Waals surface area contributed by atoms with Gasteiger partial charge in [0, 0.05) is 38.1 Å². The molecular formula is C11H20N2O. The third-order valence-corrected chi connectivity index (χ3v) is 2.16. The number of nitrogens with zero attached hydrogens (tertiary/aromatic N) is 2. The summed E-state index contributed by atoms with van der Waals surface area (Å²) in [6, 6.07) is 0. The van der Waals surface area contributed by atoms with Crippen LogP contribution in [0.1, 0.15) is 38.9 Å². The van der Waals surface area contributed by atoms with Crippen molar-refractivity contribution in [2.45, 2.75) is 39.7 Å². The molecule has 0 atom stereocenters. The second-order valence-electron chi connectivity index (χ2n) is 3.68. The molecule has 1 aromatic heterocycles. The van der Waals surface area contributed by atoms with E-state index in [1.807, 2.05) is 19.3 Å². The Bertz CT molecular complexity index is 256. The smallest absolute Gasteiger partial charge is 0.111 e. The van der Waals surface area contributed by atoms with Crippen molar-refractivity contribution in [3.05, 3.63) is 18.2 Å².